The number of nitrogens with one attached hydrogen (secondary N) is 2. The van der Waals surface area contributed by atoms with Crippen molar-refractivity contribution in [3.63, 3.8) is 0 Å². The van der Waals surface area contributed by atoms with Crippen molar-refractivity contribution in [2.24, 2.45) is 0 Å². The SMILES string of the molecule is O=C(Nc1cn[nH]c1)c1cc2ccccc2cc1O. The lowest BCUT2D eigenvalue weighted by molar-refractivity contribution is 0.102. The van der Waals surface area contributed by atoms with Crippen LogP contribution in [0.15, 0.2) is 48.8 Å². The predicted molar refractivity (Wildman–Crippen MR) is 72.2 cm³/mol. The highest BCUT2D eigenvalue weighted by molar-refractivity contribution is 6.08. The molecule has 0 saturated carbocycles. The zero-order valence-electron chi connectivity index (χ0n) is 9.92. The fourth-order valence-corrected chi connectivity index (χ4v) is 1.93. The molecule has 1 amide bonds. The largest absolute Gasteiger partial charge is 0.507 e. The van der Waals surface area contributed by atoms with Crippen LogP contribution >= 0.6 is 0 Å². The summed E-state index contributed by atoms with van der Waals surface area (Å²) >= 11 is 0. The number of aromatic amines is 1. The molecule has 0 unspecified atom stereocenters. The van der Waals surface area contributed by atoms with Crippen LogP contribution in [-0.2, 0) is 0 Å². The van der Waals surface area contributed by atoms with Crippen molar-refractivity contribution in [2.45, 2.75) is 0 Å². The Balaban J connectivity index is 1.99. The zero-order valence-corrected chi connectivity index (χ0v) is 9.92. The van der Waals surface area contributed by atoms with Crippen LogP contribution in [0.3, 0.4) is 0 Å². The molecule has 0 aliphatic carbocycles. The number of carbonyl (C=O) groups excluding carboxylic acids is 1. The van der Waals surface area contributed by atoms with Crippen molar-refractivity contribution < 1.29 is 9.90 Å². The van der Waals surface area contributed by atoms with Crippen LogP contribution in [0.4, 0.5) is 5.69 Å². The highest BCUT2D eigenvalue weighted by Gasteiger charge is 2.12. The number of aromatic nitrogens is 2. The third kappa shape index (κ3) is 2.13. The van der Waals surface area contributed by atoms with Gasteiger partial charge in [-0.25, -0.2) is 0 Å². The van der Waals surface area contributed by atoms with Gasteiger partial charge in [-0.2, -0.15) is 5.10 Å². The third-order valence-corrected chi connectivity index (χ3v) is 2.86. The fraction of sp³-hybridized carbons (Fsp3) is 0. The normalized spacial score (nSPS) is 10.5. The summed E-state index contributed by atoms with van der Waals surface area (Å²) in [4.78, 5) is 12.1. The second-order valence-electron chi connectivity index (χ2n) is 4.16. The first-order valence-corrected chi connectivity index (χ1v) is 5.76. The van der Waals surface area contributed by atoms with Gasteiger partial charge in [0.25, 0.3) is 5.91 Å². The van der Waals surface area contributed by atoms with Gasteiger partial charge in [0.05, 0.1) is 17.4 Å². The molecule has 3 rings (SSSR count). The molecule has 3 aromatic rings. The van der Waals surface area contributed by atoms with Gasteiger partial charge < -0.3 is 10.4 Å². The Kier molecular flexibility index (Phi) is 2.64. The molecule has 0 fully saturated rings. The molecular weight excluding hydrogens is 242 g/mol. The Morgan fingerprint density at radius 1 is 1.21 bits per heavy atom. The van der Waals surface area contributed by atoms with Crippen LogP contribution in [0.25, 0.3) is 10.8 Å². The lowest BCUT2D eigenvalue weighted by atomic mass is 10.1. The number of hydrogen-bond donors (Lipinski definition) is 3. The van der Waals surface area contributed by atoms with E-state index in [-0.39, 0.29) is 17.2 Å². The minimum absolute atomic E-state index is 0.0419. The van der Waals surface area contributed by atoms with Gasteiger partial charge in [-0.05, 0) is 22.9 Å². The number of phenolic OH excluding ortho intramolecular Hbond substituents is 1. The summed E-state index contributed by atoms with van der Waals surface area (Å²) in [6.45, 7) is 0. The zero-order chi connectivity index (χ0) is 13.2. The number of anilines is 1. The molecular formula is C14H11N3O2. The van der Waals surface area contributed by atoms with E-state index in [0.717, 1.165) is 10.8 Å². The van der Waals surface area contributed by atoms with Gasteiger partial charge in [-0.3, -0.25) is 9.89 Å². The molecule has 19 heavy (non-hydrogen) atoms. The number of nitrogens with zero attached hydrogens (tertiary/aromatic N) is 1. The molecule has 0 aliphatic rings. The molecule has 1 aromatic heterocycles. The minimum Gasteiger partial charge on any atom is -0.507 e. The van der Waals surface area contributed by atoms with E-state index in [4.69, 9.17) is 0 Å². The first-order chi connectivity index (χ1) is 9.24. The second kappa shape index (κ2) is 4.45. The molecule has 1 heterocycles. The summed E-state index contributed by atoms with van der Waals surface area (Å²) < 4.78 is 0. The fourth-order valence-electron chi connectivity index (χ4n) is 1.93. The van der Waals surface area contributed by atoms with Crippen LogP contribution in [0, 0.1) is 0 Å². The maximum Gasteiger partial charge on any atom is 0.259 e. The first kappa shape index (κ1) is 11.3. The Labute approximate surface area is 108 Å². The number of fused-ring (bicyclic) bond motifs is 1. The smallest absolute Gasteiger partial charge is 0.259 e. The van der Waals surface area contributed by atoms with Gasteiger partial charge in [0, 0.05) is 6.20 Å². The number of hydrogen-bond acceptors (Lipinski definition) is 3. The molecule has 0 atom stereocenters. The van der Waals surface area contributed by atoms with Crippen molar-refractivity contribution in [1.29, 1.82) is 0 Å². The van der Waals surface area contributed by atoms with Crippen molar-refractivity contribution in [2.75, 3.05) is 5.32 Å². The number of phenols is 1. The molecule has 0 spiro atoms. The predicted octanol–water partition coefficient (Wildman–Crippen LogP) is 2.52. The summed E-state index contributed by atoms with van der Waals surface area (Å²) in [5.41, 5.74) is 0.789. The molecule has 5 heteroatoms. The lowest BCUT2D eigenvalue weighted by Gasteiger charge is -2.07. The molecule has 2 aromatic carbocycles. The van der Waals surface area contributed by atoms with Gasteiger partial charge in [0.1, 0.15) is 5.75 Å². The molecule has 5 nitrogen and oxygen atoms in total. The lowest BCUT2D eigenvalue weighted by Crippen LogP contribution is -2.11. The number of amides is 1. The summed E-state index contributed by atoms with van der Waals surface area (Å²) in [5, 5.41) is 20.7. The summed E-state index contributed by atoms with van der Waals surface area (Å²) in [5.74, 6) is -0.413. The van der Waals surface area contributed by atoms with Gasteiger partial charge >= 0.3 is 0 Å². The van der Waals surface area contributed by atoms with Crippen LogP contribution in [0.5, 0.6) is 5.75 Å². The van der Waals surface area contributed by atoms with E-state index in [1.54, 1.807) is 18.3 Å². The maximum absolute atomic E-state index is 12.1. The average molecular weight is 253 g/mol. The van der Waals surface area contributed by atoms with Gasteiger partial charge in [0.2, 0.25) is 0 Å². The Morgan fingerprint density at radius 3 is 2.63 bits per heavy atom. The molecule has 0 bridgehead atoms. The van der Waals surface area contributed by atoms with E-state index < -0.39 is 0 Å². The number of rotatable bonds is 2. The third-order valence-electron chi connectivity index (χ3n) is 2.86. The monoisotopic (exact) mass is 253 g/mol. The van der Waals surface area contributed by atoms with Crippen LogP contribution in [-0.4, -0.2) is 21.2 Å². The van der Waals surface area contributed by atoms with Crippen molar-refractivity contribution in [1.82, 2.24) is 10.2 Å². The number of aromatic hydroxyl groups is 1. The van der Waals surface area contributed by atoms with E-state index in [1.165, 1.54) is 6.20 Å². The number of H-pyrrole nitrogens is 1. The van der Waals surface area contributed by atoms with E-state index in [2.05, 4.69) is 15.5 Å². The standard InChI is InChI=1S/C14H11N3O2/c18-13-6-10-4-2-1-3-9(10)5-12(13)14(19)17-11-7-15-16-8-11/h1-8,18H,(H,15,16)(H,17,19). The Bertz CT molecular complexity index is 736. The second-order valence-corrected chi connectivity index (χ2v) is 4.16. The number of benzene rings is 2. The van der Waals surface area contributed by atoms with E-state index >= 15 is 0 Å². The van der Waals surface area contributed by atoms with Crippen LogP contribution in [0.1, 0.15) is 10.4 Å². The summed E-state index contributed by atoms with van der Waals surface area (Å²) in [6.07, 6.45) is 3.06. The van der Waals surface area contributed by atoms with Crippen LogP contribution < -0.4 is 5.32 Å². The highest BCUT2D eigenvalue weighted by atomic mass is 16.3. The van der Waals surface area contributed by atoms with Gasteiger partial charge in [0.15, 0.2) is 0 Å². The van der Waals surface area contributed by atoms with Gasteiger partial charge in [-0.15, -0.1) is 0 Å². The van der Waals surface area contributed by atoms with E-state index in [1.807, 2.05) is 24.3 Å². The van der Waals surface area contributed by atoms with Crippen molar-refractivity contribution in [3.8, 4) is 5.75 Å². The minimum atomic E-state index is -0.371. The maximum atomic E-state index is 12.1. The number of carbonyl (C=O) groups is 1. The Morgan fingerprint density at radius 2 is 1.95 bits per heavy atom. The highest BCUT2D eigenvalue weighted by Crippen LogP contribution is 2.25. The summed E-state index contributed by atoms with van der Waals surface area (Å²) in [7, 11) is 0. The molecule has 3 N–H and O–H groups in total. The Hall–Kier alpha value is -2.82. The van der Waals surface area contributed by atoms with Gasteiger partial charge in [-0.1, -0.05) is 24.3 Å². The first-order valence-electron chi connectivity index (χ1n) is 5.76. The summed E-state index contributed by atoms with van der Waals surface area (Å²) in [6, 6.07) is 10.8. The molecule has 94 valence electrons. The van der Waals surface area contributed by atoms with Crippen molar-refractivity contribution >= 4 is 22.4 Å². The van der Waals surface area contributed by atoms with Crippen molar-refractivity contribution in [3.05, 3.63) is 54.4 Å². The van der Waals surface area contributed by atoms with Crippen LogP contribution in [0.2, 0.25) is 0 Å². The molecule has 0 aliphatic heterocycles. The topological polar surface area (TPSA) is 78.0 Å². The van der Waals surface area contributed by atoms with E-state index in [9.17, 15) is 9.90 Å². The quantitative estimate of drug-likeness (QED) is 0.656. The van der Waals surface area contributed by atoms with E-state index in [0.29, 0.717) is 5.69 Å². The average Bonchev–Trinajstić information content (AvgIpc) is 2.90. The molecule has 0 radical (unpaired) electrons. The molecule has 0 saturated heterocycles.